The van der Waals surface area contributed by atoms with E-state index in [-0.39, 0.29) is 5.75 Å². The number of rotatable bonds is 1. The van der Waals surface area contributed by atoms with Crippen LogP contribution in [0.1, 0.15) is 25.3 Å². The molecule has 1 aromatic carbocycles. The van der Waals surface area contributed by atoms with Gasteiger partial charge in [0.25, 0.3) is 0 Å². The summed E-state index contributed by atoms with van der Waals surface area (Å²) in [5.41, 5.74) is 0.959. The molecule has 0 bridgehead atoms. The molecule has 0 aliphatic rings. The maximum absolute atomic E-state index is 8.98. The van der Waals surface area contributed by atoms with Gasteiger partial charge in [0.1, 0.15) is 5.75 Å². The second-order valence-electron chi connectivity index (χ2n) is 2.60. The molecule has 0 heterocycles. The summed E-state index contributed by atoms with van der Waals surface area (Å²) < 4.78 is 0. The summed E-state index contributed by atoms with van der Waals surface area (Å²) in [5, 5.41) is 8.98. The quantitative estimate of drug-likeness (QED) is 0.626. The first kappa shape index (κ1) is 8.67. The molecule has 1 heteroatoms. The van der Waals surface area contributed by atoms with Crippen molar-refractivity contribution in [3.8, 4) is 17.6 Å². The van der Waals surface area contributed by atoms with Gasteiger partial charge in [0.05, 0.1) is 0 Å². The number of aromatic hydroxyl groups is 1. The van der Waals surface area contributed by atoms with E-state index < -0.39 is 0 Å². The maximum Gasteiger partial charge on any atom is 0.115 e. The Morgan fingerprint density at radius 2 is 1.92 bits per heavy atom. The van der Waals surface area contributed by atoms with Crippen LogP contribution in [-0.2, 0) is 0 Å². The lowest BCUT2D eigenvalue weighted by atomic mass is 10.2. The normalized spacial score (nSPS) is 8.75. The van der Waals surface area contributed by atoms with E-state index in [4.69, 9.17) is 5.11 Å². The number of unbranched alkanes of at least 4 members (excludes halogenated alkanes) is 1. The van der Waals surface area contributed by atoms with Crippen molar-refractivity contribution in [3.63, 3.8) is 0 Å². The number of phenols is 1. The van der Waals surface area contributed by atoms with Crippen LogP contribution in [0.3, 0.4) is 0 Å². The molecule has 1 nitrogen and oxygen atoms in total. The largest absolute Gasteiger partial charge is 0.508 e. The highest BCUT2D eigenvalue weighted by atomic mass is 16.3. The van der Waals surface area contributed by atoms with Gasteiger partial charge in [-0.05, 0) is 30.7 Å². The molecule has 1 aromatic rings. The average molecular weight is 160 g/mol. The minimum absolute atomic E-state index is 0.288. The van der Waals surface area contributed by atoms with Gasteiger partial charge in [0.2, 0.25) is 0 Å². The van der Waals surface area contributed by atoms with Gasteiger partial charge in [-0.1, -0.05) is 18.8 Å². The van der Waals surface area contributed by atoms with Crippen LogP contribution in [0, 0.1) is 11.8 Å². The molecule has 0 aliphatic carbocycles. The topological polar surface area (TPSA) is 20.2 Å². The molecule has 0 unspecified atom stereocenters. The molecule has 0 aliphatic heterocycles. The Labute approximate surface area is 73.0 Å². The second kappa shape index (κ2) is 4.46. The van der Waals surface area contributed by atoms with Crippen LogP contribution < -0.4 is 0 Å². The fraction of sp³-hybridized carbons (Fsp3) is 0.273. The molecule has 1 N–H and O–H groups in total. The Morgan fingerprint density at radius 1 is 1.25 bits per heavy atom. The predicted octanol–water partition coefficient (Wildman–Crippen LogP) is 2.54. The SMILES string of the molecule is CCCC#Cc1ccc(O)cc1. The van der Waals surface area contributed by atoms with Crippen LogP contribution in [0.4, 0.5) is 0 Å². The van der Waals surface area contributed by atoms with Crippen molar-refractivity contribution in [2.75, 3.05) is 0 Å². The van der Waals surface area contributed by atoms with E-state index in [1.165, 1.54) is 0 Å². The molecule has 0 atom stereocenters. The van der Waals surface area contributed by atoms with Crippen LogP contribution in [0.15, 0.2) is 24.3 Å². The second-order valence-corrected chi connectivity index (χ2v) is 2.60. The van der Waals surface area contributed by atoms with Crippen molar-refractivity contribution in [2.45, 2.75) is 19.8 Å². The van der Waals surface area contributed by atoms with E-state index in [0.29, 0.717) is 0 Å². The number of hydrogen-bond donors (Lipinski definition) is 1. The molecule has 0 radical (unpaired) electrons. The average Bonchev–Trinajstić information content (AvgIpc) is 2.09. The lowest BCUT2D eigenvalue weighted by molar-refractivity contribution is 0.475. The predicted molar refractivity (Wildman–Crippen MR) is 49.9 cm³/mol. The van der Waals surface area contributed by atoms with Crippen molar-refractivity contribution >= 4 is 0 Å². The van der Waals surface area contributed by atoms with Gasteiger partial charge in [-0.3, -0.25) is 0 Å². The molecule has 12 heavy (non-hydrogen) atoms. The minimum atomic E-state index is 0.288. The molecule has 0 spiro atoms. The van der Waals surface area contributed by atoms with Gasteiger partial charge in [0.15, 0.2) is 0 Å². The number of hydrogen-bond acceptors (Lipinski definition) is 1. The number of benzene rings is 1. The summed E-state index contributed by atoms with van der Waals surface area (Å²) in [7, 11) is 0. The Hall–Kier alpha value is -1.42. The summed E-state index contributed by atoms with van der Waals surface area (Å²) >= 11 is 0. The molecule has 0 saturated carbocycles. The van der Waals surface area contributed by atoms with Gasteiger partial charge >= 0.3 is 0 Å². The van der Waals surface area contributed by atoms with E-state index >= 15 is 0 Å². The van der Waals surface area contributed by atoms with Gasteiger partial charge in [-0.15, -0.1) is 0 Å². The summed E-state index contributed by atoms with van der Waals surface area (Å²) in [6.07, 6.45) is 2.02. The monoisotopic (exact) mass is 160 g/mol. The Kier molecular flexibility index (Phi) is 3.22. The van der Waals surface area contributed by atoms with Crippen LogP contribution in [0.2, 0.25) is 0 Å². The summed E-state index contributed by atoms with van der Waals surface area (Å²) in [5.74, 6) is 6.34. The Morgan fingerprint density at radius 3 is 2.50 bits per heavy atom. The van der Waals surface area contributed by atoms with E-state index in [2.05, 4.69) is 18.8 Å². The van der Waals surface area contributed by atoms with Crippen molar-refractivity contribution in [2.24, 2.45) is 0 Å². The standard InChI is InChI=1S/C11H12O/c1-2-3-4-5-10-6-8-11(12)9-7-10/h6-9,12H,2-3H2,1H3. The summed E-state index contributed by atoms with van der Waals surface area (Å²) in [6, 6.07) is 6.93. The van der Waals surface area contributed by atoms with E-state index in [0.717, 1.165) is 18.4 Å². The highest BCUT2D eigenvalue weighted by Crippen LogP contribution is 2.08. The molecular formula is C11H12O. The van der Waals surface area contributed by atoms with E-state index in [1.807, 2.05) is 12.1 Å². The molecule has 0 saturated heterocycles. The number of phenolic OH excluding ortho intramolecular Hbond substituents is 1. The van der Waals surface area contributed by atoms with Crippen LogP contribution in [0.25, 0.3) is 0 Å². The maximum atomic E-state index is 8.98. The lowest BCUT2D eigenvalue weighted by Crippen LogP contribution is -1.72. The summed E-state index contributed by atoms with van der Waals surface area (Å²) in [6.45, 7) is 2.10. The van der Waals surface area contributed by atoms with Gasteiger partial charge in [0, 0.05) is 12.0 Å². The zero-order valence-corrected chi connectivity index (χ0v) is 7.17. The zero-order chi connectivity index (χ0) is 8.81. The molecule has 62 valence electrons. The first-order chi connectivity index (χ1) is 5.83. The smallest absolute Gasteiger partial charge is 0.115 e. The fourth-order valence-electron chi connectivity index (χ4n) is 0.834. The highest BCUT2D eigenvalue weighted by Gasteiger charge is 1.86. The summed E-state index contributed by atoms with van der Waals surface area (Å²) in [4.78, 5) is 0. The van der Waals surface area contributed by atoms with E-state index in [1.54, 1.807) is 12.1 Å². The van der Waals surface area contributed by atoms with Crippen LogP contribution >= 0.6 is 0 Å². The third kappa shape index (κ3) is 2.67. The van der Waals surface area contributed by atoms with Crippen molar-refractivity contribution in [3.05, 3.63) is 29.8 Å². The Balaban J connectivity index is 2.66. The minimum Gasteiger partial charge on any atom is -0.508 e. The molecule has 0 amide bonds. The zero-order valence-electron chi connectivity index (χ0n) is 7.17. The first-order valence-corrected chi connectivity index (χ1v) is 4.11. The van der Waals surface area contributed by atoms with E-state index in [9.17, 15) is 0 Å². The lowest BCUT2D eigenvalue weighted by Gasteiger charge is -1.90. The van der Waals surface area contributed by atoms with Crippen LogP contribution in [0.5, 0.6) is 5.75 Å². The molecular weight excluding hydrogens is 148 g/mol. The Bertz CT molecular complexity index is 287. The highest BCUT2D eigenvalue weighted by molar-refractivity contribution is 5.37. The third-order valence-electron chi connectivity index (χ3n) is 1.48. The molecule has 0 fully saturated rings. The third-order valence-corrected chi connectivity index (χ3v) is 1.48. The van der Waals surface area contributed by atoms with Gasteiger partial charge in [-0.2, -0.15) is 0 Å². The van der Waals surface area contributed by atoms with Crippen LogP contribution in [-0.4, -0.2) is 5.11 Å². The molecule has 1 rings (SSSR count). The first-order valence-electron chi connectivity index (χ1n) is 4.11. The van der Waals surface area contributed by atoms with Gasteiger partial charge in [-0.25, -0.2) is 0 Å². The fourth-order valence-corrected chi connectivity index (χ4v) is 0.834. The molecule has 0 aromatic heterocycles. The van der Waals surface area contributed by atoms with Crippen molar-refractivity contribution < 1.29 is 5.11 Å². The van der Waals surface area contributed by atoms with Crippen molar-refractivity contribution in [1.29, 1.82) is 0 Å². The van der Waals surface area contributed by atoms with Gasteiger partial charge < -0.3 is 5.11 Å². The van der Waals surface area contributed by atoms with Crippen molar-refractivity contribution in [1.82, 2.24) is 0 Å².